The van der Waals surface area contributed by atoms with E-state index in [0.29, 0.717) is 6.10 Å². The molecule has 4 aromatic carbocycles. The Morgan fingerprint density at radius 1 is 0.404 bits per heavy atom. The number of aryl methyl sites for hydroxylation is 1. The summed E-state index contributed by atoms with van der Waals surface area (Å²) in [6.45, 7) is 35.4. The maximum atomic E-state index is 6.00. The van der Waals surface area contributed by atoms with Crippen molar-refractivity contribution < 1.29 is 23.7 Å². The molecule has 52 heavy (non-hydrogen) atoms. The van der Waals surface area contributed by atoms with Gasteiger partial charge in [0.05, 0.1) is 0 Å². The van der Waals surface area contributed by atoms with Gasteiger partial charge in [0.2, 0.25) is 12.6 Å². The molecule has 3 heterocycles. The standard InChI is InChI=1S/C15H16O2.C13H18O.C11H14O2.4C2H6/c1-15(2,3)14-16-12-8-10-6-4-5-7-11(10)9-13(12)17-14;1-13(2,3)12-9-8-10-6-4-5-7-11(10)14-12;1-11(2,3)10-12-8-6-4-5-7-9(8)13-10;4*1-2/h4-9,14H,1-3H3;4-7,12H,8-9H2,1-3H3;4-7,10H,1-3H3;4*1-2H3. The second kappa shape index (κ2) is 21.6. The number of ether oxygens (including phenoxy) is 5. The Morgan fingerprint density at radius 3 is 1.13 bits per heavy atom. The molecule has 0 saturated carbocycles. The summed E-state index contributed by atoms with van der Waals surface area (Å²) in [6, 6.07) is 28.5. The zero-order valence-corrected chi connectivity index (χ0v) is 35.8. The van der Waals surface area contributed by atoms with E-state index in [1.54, 1.807) is 0 Å². The Labute approximate surface area is 318 Å². The smallest absolute Gasteiger partial charge is 0.246 e. The summed E-state index contributed by atoms with van der Waals surface area (Å²) in [6.07, 6.45) is 2.29. The minimum atomic E-state index is -0.200. The van der Waals surface area contributed by atoms with Crippen molar-refractivity contribution in [3.63, 3.8) is 0 Å². The summed E-state index contributed by atoms with van der Waals surface area (Å²) in [5, 5.41) is 2.37. The molecular formula is C47H72O5. The Bertz CT molecular complexity index is 1500. The van der Waals surface area contributed by atoms with Crippen LogP contribution in [-0.4, -0.2) is 18.7 Å². The molecule has 1 atom stereocenters. The third kappa shape index (κ3) is 13.3. The maximum absolute atomic E-state index is 6.00. The van der Waals surface area contributed by atoms with E-state index < -0.39 is 0 Å². The van der Waals surface area contributed by atoms with Crippen LogP contribution in [0.25, 0.3) is 10.8 Å². The number of fused-ring (bicyclic) bond motifs is 4. The van der Waals surface area contributed by atoms with Crippen LogP contribution in [0.3, 0.4) is 0 Å². The summed E-state index contributed by atoms with van der Waals surface area (Å²) < 4.78 is 29.0. The van der Waals surface area contributed by atoms with E-state index in [0.717, 1.165) is 41.6 Å². The summed E-state index contributed by atoms with van der Waals surface area (Å²) in [5.41, 5.74) is 1.59. The van der Waals surface area contributed by atoms with Crippen LogP contribution in [0.15, 0.2) is 84.9 Å². The molecule has 0 saturated heterocycles. The zero-order valence-electron chi connectivity index (χ0n) is 35.8. The molecule has 1 unspecified atom stereocenters. The first-order chi connectivity index (χ1) is 24.7. The molecule has 0 amide bonds. The number of hydrogen-bond acceptors (Lipinski definition) is 5. The lowest BCUT2D eigenvalue weighted by molar-refractivity contribution is -0.0396. The average Bonchev–Trinajstić information content (AvgIpc) is 3.79. The van der Waals surface area contributed by atoms with Crippen molar-refractivity contribution in [1.29, 1.82) is 0 Å². The summed E-state index contributed by atoms with van der Waals surface area (Å²) in [7, 11) is 0. The second-order valence-electron chi connectivity index (χ2n) is 15.1. The predicted octanol–water partition coefficient (Wildman–Crippen LogP) is 14.3. The molecule has 7 rings (SSSR count). The van der Waals surface area contributed by atoms with Gasteiger partial charge in [-0.25, -0.2) is 0 Å². The molecule has 0 aliphatic carbocycles. The fraction of sp³-hybridized carbons (Fsp3) is 0.532. The fourth-order valence-corrected chi connectivity index (χ4v) is 5.18. The number of para-hydroxylation sites is 3. The Balaban J connectivity index is 0.000000358. The quantitative estimate of drug-likeness (QED) is 0.181. The highest BCUT2D eigenvalue weighted by molar-refractivity contribution is 5.86. The van der Waals surface area contributed by atoms with Crippen molar-refractivity contribution in [2.75, 3.05) is 0 Å². The zero-order chi connectivity index (χ0) is 39.7. The lowest BCUT2D eigenvalue weighted by Gasteiger charge is -2.35. The first kappa shape index (κ1) is 46.2. The topological polar surface area (TPSA) is 46.2 Å². The van der Waals surface area contributed by atoms with Crippen molar-refractivity contribution >= 4 is 10.8 Å². The summed E-state index contributed by atoms with van der Waals surface area (Å²) in [5.74, 6) is 4.48. The largest absolute Gasteiger partial charge is 0.490 e. The number of hydrogen-bond donors (Lipinski definition) is 0. The monoisotopic (exact) mass is 717 g/mol. The van der Waals surface area contributed by atoms with Gasteiger partial charge in [-0.3, -0.25) is 0 Å². The SMILES string of the molecule is CC.CC.CC.CC.CC(C)(C)C1CCc2ccccc2O1.CC(C)(C)C1Oc2cc3ccccc3cc2O1.CC(C)(C)C1Oc2ccccc2O1. The minimum Gasteiger partial charge on any atom is -0.490 e. The Morgan fingerprint density at radius 2 is 0.750 bits per heavy atom. The van der Waals surface area contributed by atoms with Gasteiger partial charge in [0.1, 0.15) is 11.9 Å². The molecule has 0 spiro atoms. The van der Waals surface area contributed by atoms with E-state index in [1.165, 1.54) is 16.3 Å². The lowest BCUT2D eigenvalue weighted by atomic mass is 9.84. The van der Waals surface area contributed by atoms with Crippen molar-refractivity contribution in [3.8, 4) is 28.7 Å². The number of rotatable bonds is 0. The molecule has 0 N–H and O–H groups in total. The number of benzene rings is 4. The highest BCUT2D eigenvalue weighted by atomic mass is 16.7. The van der Waals surface area contributed by atoms with Gasteiger partial charge in [-0.1, -0.05) is 172 Å². The molecule has 3 aliphatic heterocycles. The van der Waals surface area contributed by atoms with Crippen LogP contribution in [0.1, 0.15) is 130 Å². The van der Waals surface area contributed by atoms with E-state index in [2.05, 4.69) is 105 Å². The molecule has 0 aromatic heterocycles. The normalized spacial score (nSPS) is 15.3. The fourth-order valence-electron chi connectivity index (χ4n) is 5.18. The third-order valence-corrected chi connectivity index (χ3v) is 7.90. The minimum absolute atomic E-state index is 0.0129. The third-order valence-electron chi connectivity index (χ3n) is 7.90. The van der Waals surface area contributed by atoms with Gasteiger partial charge >= 0.3 is 0 Å². The Hall–Kier alpha value is -3.86. The van der Waals surface area contributed by atoms with E-state index in [9.17, 15) is 0 Å². The second-order valence-corrected chi connectivity index (χ2v) is 15.1. The highest BCUT2D eigenvalue weighted by Crippen LogP contribution is 2.42. The van der Waals surface area contributed by atoms with Gasteiger partial charge in [0.25, 0.3) is 0 Å². The summed E-state index contributed by atoms with van der Waals surface area (Å²) in [4.78, 5) is 0. The van der Waals surface area contributed by atoms with Crippen molar-refractivity contribution in [1.82, 2.24) is 0 Å². The molecule has 5 nitrogen and oxygen atoms in total. The van der Waals surface area contributed by atoms with Crippen LogP contribution in [0.2, 0.25) is 0 Å². The van der Waals surface area contributed by atoms with Crippen LogP contribution in [0.4, 0.5) is 0 Å². The molecule has 5 heteroatoms. The summed E-state index contributed by atoms with van der Waals surface area (Å²) >= 11 is 0. The van der Waals surface area contributed by atoms with E-state index in [4.69, 9.17) is 23.7 Å². The van der Waals surface area contributed by atoms with Crippen LogP contribution in [-0.2, 0) is 6.42 Å². The van der Waals surface area contributed by atoms with Crippen molar-refractivity contribution in [3.05, 3.63) is 90.5 Å². The molecule has 0 bridgehead atoms. The van der Waals surface area contributed by atoms with E-state index in [-0.39, 0.29) is 28.8 Å². The van der Waals surface area contributed by atoms with Crippen molar-refractivity contribution in [2.24, 2.45) is 16.2 Å². The first-order valence-electron chi connectivity index (χ1n) is 19.7. The van der Waals surface area contributed by atoms with Gasteiger partial charge < -0.3 is 23.7 Å². The molecule has 4 aromatic rings. The van der Waals surface area contributed by atoms with Gasteiger partial charge in [0, 0.05) is 10.8 Å². The molecule has 0 fully saturated rings. The molecule has 3 aliphatic rings. The molecule has 290 valence electrons. The Kier molecular flexibility index (Phi) is 19.2. The molecule has 0 radical (unpaired) electrons. The van der Waals surface area contributed by atoms with Gasteiger partial charge in [0.15, 0.2) is 23.0 Å². The van der Waals surface area contributed by atoms with Crippen LogP contribution in [0, 0.1) is 16.2 Å². The van der Waals surface area contributed by atoms with Crippen molar-refractivity contribution in [2.45, 2.75) is 149 Å². The van der Waals surface area contributed by atoms with E-state index in [1.807, 2.05) is 97.9 Å². The van der Waals surface area contributed by atoms with Crippen LogP contribution in [0.5, 0.6) is 28.7 Å². The van der Waals surface area contributed by atoms with Crippen LogP contribution >= 0.6 is 0 Å². The predicted molar refractivity (Wildman–Crippen MR) is 223 cm³/mol. The lowest BCUT2D eigenvalue weighted by Crippen LogP contribution is -2.35. The molecular weight excluding hydrogens is 645 g/mol. The van der Waals surface area contributed by atoms with Crippen LogP contribution < -0.4 is 23.7 Å². The van der Waals surface area contributed by atoms with Gasteiger partial charge in [-0.2, -0.15) is 0 Å². The average molecular weight is 717 g/mol. The first-order valence-corrected chi connectivity index (χ1v) is 19.7. The van der Waals surface area contributed by atoms with Gasteiger partial charge in [-0.15, -0.1) is 0 Å². The maximum Gasteiger partial charge on any atom is 0.246 e. The van der Waals surface area contributed by atoms with Gasteiger partial charge in [-0.05, 0) is 64.9 Å². The van der Waals surface area contributed by atoms with E-state index >= 15 is 0 Å². The highest BCUT2D eigenvalue weighted by Gasteiger charge is 2.36.